The molecule has 3 aromatic rings. The number of hydrogen-bond acceptors (Lipinski definition) is 5. The summed E-state index contributed by atoms with van der Waals surface area (Å²) >= 11 is 0. The lowest BCUT2D eigenvalue weighted by atomic mass is 9.90. The van der Waals surface area contributed by atoms with Gasteiger partial charge < -0.3 is 15.1 Å². The van der Waals surface area contributed by atoms with Crippen LogP contribution in [-0.4, -0.2) is 65.9 Å². The summed E-state index contributed by atoms with van der Waals surface area (Å²) in [5, 5.41) is 3.17. The van der Waals surface area contributed by atoms with Crippen molar-refractivity contribution in [2.75, 3.05) is 49.5 Å². The number of pyridine rings is 1. The van der Waals surface area contributed by atoms with Crippen LogP contribution in [0.15, 0.2) is 73.1 Å². The Morgan fingerprint density at radius 3 is 2.43 bits per heavy atom. The molecule has 37 heavy (non-hydrogen) atoms. The van der Waals surface area contributed by atoms with Crippen LogP contribution in [0.1, 0.15) is 36.1 Å². The van der Waals surface area contributed by atoms with Crippen molar-refractivity contribution in [3.05, 3.63) is 89.7 Å². The highest BCUT2D eigenvalue weighted by Crippen LogP contribution is 2.33. The highest BCUT2D eigenvalue weighted by atomic mass is 16.2. The molecule has 1 unspecified atom stereocenters. The zero-order valence-corrected chi connectivity index (χ0v) is 21.5. The van der Waals surface area contributed by atoms with Crippen LogP contribution >= 0.6 is 0 Å². The summed E-state index contributed by atoms with van der Waals surface area (Å²) in [5.74, 6) is -0.0640. The Hall–Kier alpha value is -3.71. The van der Waals surface area contributed by atoms with Crippen LogP contribution in [0.2, 0.25) is 0 Å². The normalized spacial score (nSPS) is 17.8. The van der Waals surface area contributed by atoms with Crippen LogP contribution in [0.4, 0.5) is 11.4 Å². The van der Waals surface area contributed by atoms with Gasteiger partial charge in [-0.2, -0.15) is 0 Å². The highest BCUT2D eigenvalue weighted by Gasteiger charge is 2.31. The summed E-state index contributed by atoms with van der Waals surface area (Å²) in [5.41, 5.74) is 5.50. The number of hydrogen-bond donors (Lipinski definition) is 1. The van der Waals surface area contributed by atoms with Crippen LogP contribution in [-0.2, 0) is 22.4 Å². The van der Waals surface area contributed by atoms with Gasteiger partial charge in [-0.3, -0.25) is 19.5 Å². The number of amides is 2. The number of piperazine rings is 1. The summed E-state index contributed by atoms with van der Waals surface area (Å²) in [6.45, 7) is 7.07. The van der Waals surface area contributed by atoms with E-state index in [-0.39, 0.29) is 24.3 Å². The van der Waals surface area contributed by atoms with E-state index in [1.54, 1.807) is 6.92 Å². The van der Waals surface area contributed by atoms with E-state index in [4.69, 9.17) is 0 Å². The molecule has 3 heterocycles. The van der Waals surface area contributed by atoms with Crippen LogP contribution in [0, 0.1) is 0 Å². The molecule has 0 bridgehead atoms. The van der Waals surface area contributed by atoms with Crippen molar-refractivity contribution >= 4 is 23.2 Å². The molecule has 7 nitrogen and oxygen atoms in total. The third kappa shape index (κ3) is 6.00. The number of nitrogens with zero attached hydrogens (tertiary/aromatic N) is 4. The second-order valence-corrected chi connectivity index (χ2v) is 9.88. The Labute approximate surface area is 219 Å². The molecule has 7 heteroatoms. The quantitative estimate of drug-likeness (QED) is 0.536. The number of fused-ring (bicyclic) bond motifs is 1. The maximum atomic E-state index is 13.3. The number of anilines is 2. The van der Waals surface area contributed by atoms with E-state index in [9.17, 15) is 9.59 Å². The molecule has 1 aromatic heterocycles. The van der Waals surface area contributed by atoms with Gasteiger partial charge in [-0.25, -0.2) is 0 Å². The lowest BCUT2D eigenvalue weighted by Gasteiger charge is -2.37. The highest BCUT2D eigenvalue weighted by molar-refractivity contribution is 5.95. The molecule has 0 spiro atoms. The molecule has 0 aliphatic carbocycles. The van der Waals surface area contributed by atoms with Crippen LogP contribution in [0.3, 0.4) is 0 Å². The average molecular weight is 498 g/mol. The molecule has 0 radical (unpaired) electrons. The first kappa shape index (κ1) is 25.0. The van der Waals surface area contributed by atoms with Gasteiger partial charge in [0.25, 0.3) is 0 Å². The number of rotatable bonds is 7. The fourth-order valence-corrected chi connectivity index (χ4v) is 5.53. The van der Waals surface area contributed by atoms with Gasteiger partial charge in [-0.05, 0) is 53.8 Å². The van der Waals surface area contributed by atoms with Gasteiger partial charge in [0.15, 0.2) is 0 Å². The van der Waals surface area contributed by atoms with Gasteiger partial charge in [-0.15, -0.1) is 0 Å². The summed E-state index contributed by atoms with van der Waals surface area (Å²) in [6, 6.07) is 20.1. The van der Waals surface area contributed by atoms with E-state index in [0.717, 1.165) is 62.5 Å². The first-order chi connectivity index (χ1) is 18.1. The average Bonchev–Trinajstić information content (AvgIpc) is 2.93. The Morgan fingerprint density at radius 2 is 1.65 bits per heavy atom. The fourth-order valence-electron chi connectivity index (χ4n) is 5.53. The van der Waals surface area contributed by atoms with E-state index >= 15 is 0 Å². The van der Waals surface area contributed by atoms with Gasteiger partial charge >= 0.3 is 0 Å². The molecular weight excluding hydrogens is 462 g/mol. The van der Waals surface area contributed by atoms with Crippen molar-refractivity contribution in [3.63, 3.8) is 0 Å². The number of nitrogens with one attached hydrogen (secondary N) is 1. The Balaban J connectivity index is 1.21. The van der Waals surface area contributed by atoms with E-state index in [1.165, 1.54) is 11.1 Å². The van der Waals surface area contributed by atoms with Crippen LogP contribution < -0.4 is 10.2 Å². The van der Waals surface area contributed by atoms with Crippen molar-refractivity contribution in [1.29, 1.82) is 0 Å². The van der Waals surface area contributed by atoms with Crippen LogP contribution in [0.5, 0.6) is 0 Å². The molecule has 2 amide bonds. The van der Waals surface area contributed by atoms with E-state index in [2.05, 4.69) is 44.4 Å². The predicted molar refractivity (Wildman–Crippen MR) is 147 cm³/mol. The van der Waals surface area contributed by atoms with Gasteiger partial charge in [0, 0.05) is 58.6 Å². The minimum atomic E-state index is -0.237. The Morgan fingerprint density at radius 1 is 0.919 bits per heavy atom. The van der Waals surface area contributed by atoms with Crippen LogP contribution in [0.25, 0.3) is 0 Å². The van der Waals surface area contributed by atoms with Crippen molar-refractivity contribution in [1.82, 2.24) is 14.8 Å². The summed E-state index contributed by atoms with van der Waals surface area (Å²) in [4.78, 5) is 36.4. The second kappa shape index (κ2) is 11.6. The molecule has 5 rings (SSSR count). The predicted octanol–water partition coefficient (Wildman–Crippen LogP) is 3.92. The van der Waals surface area contributed by atoms with Crippen molar-refractivity contribution < 1.29 is 9.59 Å². The lowest BCUT2D eigenvalue weighted by molar-refractivity contribution is -0.132. The molecular formula is C30H35N5O2. The number of aromatic nitrogens is 1. The van der Waals surface area contributed by atoms with Crippen molar-refractivity contribution in [2.45, 2.75) is 32.2 Å². The Bertz CT molecular complexity index is 1220. The minimum absolute atomic E-state index is 0.00880. The van der Waals surface area contributed by atoms with E-state index in [1.807, 2.05) is 53.7 Å². The van der Waals surface area contributed by atoms with E-state index in [0.29, 0.717) is 6.54 Å². The summed E-state index contributed by atoms with van der Waals surface area (Å²) in [6.07, 6.45) is 5.79. The zero-order chi connectivity index (χ0) is 25.6. The maximum Gasteiger partial charge on any atom is 0.226 e. The first-order valence-electron chi connectivity index (χ1n) is 13.2. The van der Waals surface area contributed by atoms with Gasteiger partial charge in [-0.1, -0.05) is 36.4 Å². The topological polar surface area (TPSA) is 68.8 Å². The maximum absolute atomic E-state index is 13.3. The number of para-hydroxylation sites is 2. The molecule has 2 aromatic carbocycles. The van der Waals surface area contributed by atoms with Gasteiger partial charge in [0.1, 0.15) is 0 Å². The van der Waals surface area contributed by atoms with E-state index < -0.39 is 0 Å². The SMILES string of the molecule is CC(=O)N1CCc2ccccc2C1CC(=O)Nc1ccccc1N1CCN(CCc2ccncc2)CC1. The second-order valence-electron chi connectivity index (χ2n) is 9.88. The minimum Gasteiger partial charge on any atom is -0.367 e. The molecule has 1 atom stereocenters. The molecule has 1 N–H and O–H groups in total. The van der Waals surface area contributed by atoms with Gasteiger partial charge in [0.2, 0.25) is 11.8 Å². The molecule has 2 aliphatic heterocycles. The zero-order valence-electron chi connectivity index (χ0n) is 21.5. The molecule has 1 fully saturated rings. The number of benzene rings is 2. The third-order valence-corrected chi connectivity index (χ3v) is 7.55. The lowest BCUT2D eigenvalue weighted by Crippen LogP contribution is -2.47. The largest absolute Gasteiger partial charge is 0.367 e. The summed E-state index contributed by atoms with van der Waals surface area (Å²) < 4.78 is 0. The van der Waals surface area contributed by atoms with Gasteiger partial charge in [0.05, 0.1) is 23.8 Å². The monoisotopic (exact) mass is 497 g/mol. The smallest absolute Gasteiger partial charge is 0.226 e. The first-order valence-corrected chi connectivity index (χ1v) is 13.2. The van der Waals surface area contributed by atoms with Crippen molar-refractivity contribution in [3.8, 4) is 0 Å². The molecule has 1 saturated heterocycles. The third-order valence-electron chi connectivity index (χ3n) is 7.55. The van der Waals surface area contributed by atoms with Crippen molar-refractivity contribution in [2.24, 2.45) is 0 Å². The molecule has 2 aliphatic rings. The Kier molecular flexibility index (Phi) is 7.80. The number of carbonyl (C=O) groups excluding carboxylic acids is 2. The fraction of sp³-hybridized carbons (Fsp3) is 0.367. The molecule has 0 saturated carbocycles. The number of carbonyl (C=O) groups is 2. The summed E-state index contributed by atoms with van der Waals surface area (Å²) in [7, 11) is 0. The standard InChI is InChI=1S/C30H35N5O2/c1-23(36)35-17-13-25-6-2-3-7-26(25)29(35)22-30(37)32-27-8-4-5-9-28(27)34-20-18-33(19-21-34)16-12-24-10-14-31-15-11-24/h2-11,14-15,29H,12-13,16-22H2,1H3,(H,32,37). The molecule has 192 valence electrons.